The molecule has 0 saturated heterocycles. The zero-order valence-electron chi connectivity index (χ0n) is 9.81. The molecule has 0 fully saturated rings. The normalized spacial score (nSPS) is 10.0. The molecule has 1 aromatic heterocycles. The van der Waals surface area contributed by atoms with Crippen molar-refractivity contribution in [1.29, 1.82) is 0 Å². The summed E-state index contributed by atoms with van der Waals surface area (Å²) in [6, 6.07) is 11.7. The van der Waals surface area contributed by atoms with Crippen LogP contribution in [0.25, 0.3) is 11.1 Å². The average Bonchev–Trinajstić information content (AvgIpc) is 2.39. The largest absolute Gasteiger partial charge is 0.464 e. The van der Waals surface area contributed by atoms with E-state index in [1.54, 1.807) is 12.3 Å². The molecule has 17 heavy (non-hydrogen) atoms. The molecule has 0 amide bonds. The number of hydrogen-bond acceptors (Lipinski definition) is 3. The second kappa shape index (κ2) is 4.78. The van der Waals surface area contributed by atoms with Crippen molar-refractivity contribution in [2.75, 3.05) is 7.11 Å². The fraction of sp³-hybridized carbons (Fsp3) is 0.143. The van der Waals surface area contributed by atoms with E-state index < -0.39 is 5.97 Å². The molecular formula is C14H13NO2. The van der Waals surface area contributed by atoms with Crippen LogP contribution in [0.1, 0.15) is 16.1 Å². The van der Waals surface area contributed by atoms with E-state index in [0.29, 0.717) is 5.69 Å². The molecule has 0 aliphatic carbocycles. The Kier molecular flexibility index (Phi) is 3.19. The molecule has 0 aliphatic rings. The van der Waals surface area contributed by atoms with Gasteiger partial charge in [0, 0.05) is 11.8 Å². The van der Waals surface area contributed by atoms with Crippen LogP contribution in [-0.2, 0) is 4.74 Å². The Labute approximate surface area is 100 Å². The number of rotatable bonds is 2. The van der Waals surface area contributed by atoms with Crippen molar-refractivity contribution >= 4 is 5.97 Å². The van der Waals surface area contributed by atoms with E-state index >= 15 is 0 Å². The Balaban J connectivity index is 2.29. The smallest absolute Gasteiger partial charge is 0.356 e. The molecule has 0 atom stereocenters. The first kappa shape index (κ1) is 11.3. The van der Waals surface area contributed by atoms with Crippen molar-refractivity contribution in [1.82, 2.24) is 4.98 Å². The van der Waals surface area contributed by atoms with Crippen molar-refractivity contribution in [3.05, 3.63) is 53.9 Å². The summed E-state index contributed by atoms with van der Waals surface area (Å²) in [4.78, 5) is 15.3. The number of methoxy groups -OCH3 is 1. The van der Waals surface area contributed by atoms with E-state index in [1.807, 2.05) is 37.3 Å². The molecule has 0 N–H and O–H groups in total. The maximum Gasteiger partial charge on any atom is 0.356 e. The Morgan fingerprint density at radius 3 is 2.24 bits per heavy atom. The zero-order chi connectivity index (χ0) is 12.3. The summed E-state index contributed by atoms with van der Waals surface area (Å²) in [5.74, 6) is -0.416. The molecular weight excluding hydrogens is 214 g/mol. The quantitative estimate of drug-likeness (QED) is 0.740. The van der Waals surface area contributed by atoms with E-state index in [-0.39, 0.29) is 0 Å². The predicted octanol–water partition coefficient (Wildman–Crippen LogP) is 2.84. The topological polar surface area (TPSA) is 39.2 Å². The van der Waals surface area contributed by atoms with Crippen molar-refractivity contribution in [2.24, 2.45) is 0 Å². The van der Waals surface area contributed by atoms with E-state index in [1.165, 1.54) is 12.7 Å². The Morgan fingerprint density at radius 1 is 1.06 bits per heavy atom. The average molecular weight is 227 g/mol. The van der Waals surface area contributed by atoms with Gasteiger partial charge in [0.05, 0.1) is 7.11 Å². The molecule has 0 bridgehead atoms. The van der Waals surface area contributed by atoms with Crippen LogP contribution in [0, 0.1) is 6.92 Å². The van der Waals surface area contributed by atoms with Crippen LogP contribution in [-0.4, -0.2) is 18.1 Å². The monoisotopic (exact) mass is 227 g/mol. The van der Waals surface area contributed by atoms with E-state index in [4.69, 9.17) is 0 Å². The van der Waals surface area contributed by atoms with Crippen LogP contribution in [0.15, 0.2) is 42.6 Å². The Morgan fingerprint density at radius 2 is 1.71 bits per heavy atom. The van der Waals surface area contributed by atoms with Gasteiger partial charge in [-0.15, -0.1) is 0 Å². The predicted molar refractivity (Wildman–Crippen MR) is 65.7 cm³/mol. The lowest BCUT2D eigenvalue weighted by atomic mass is 10.1. The number of aryl methyl sites for hydroxylation is 1. The number of aromatic nitrogens is 1. The lowest BCUT2D eigenvalue weighted by Gasteiger charge is -2.03. The number of carbonyl (C=O) groups is 1. The second-order valence-corrected chi connectivity index (χ2v) is 3.79. The number of ether oxygens (including phenoxy) is 1. The van der Waals surface area contributed by atoms with Gasteiger partial charge in [-0.25, -0.2) is 9.78 Å². The molecule has 0 spiro atoms. The van der Waals surface area contributed by atoms with Gasteiger partial charge in [-0.3, -0.25) is 0 Å². The third-order valence-corrected chi connectivity index (χ3v) is 2.54. The highest BCUT2D eigenvalue weighted by Gasteiger charge is 2.06. The van der Waals surface area contributed by atoms with Gasteiger partial charge in [0.1, 0.15) is 5.69 Å². The molecule has 2 aromatic rings. The van der Waals surface area contributed by atoms with Gasteiger partial charge >= 0.3 is 5.97 Å². The molecule has 0 unspecified atom stereocenters. The lowest BCUT2D eigenvalue weighted by Crippen LogP contribution is -2.03. The Hall–Kier alpha value is -2.16. The molecule has 0 radical (unpaired) electrons. The van der Waals surface area contributed by atoms with Gasteiger partial charge in [-0.1, -0.05) is 35.9 Å². The van der Waals surface area contributed by atoms with Gasteiger partial charge in [-0.05, 0) is 18.6 Å². The second-order valence-electron chi connectivity index (χ2n) is 3.79. The van der Waals surface area contributed by atoms with Gasteiger partial charge in [0.15, 0.2) is 0 Å². The first-order valence-electron chi connectivity index (χ1n) is 5.32. The van der Waals surface area contributed by atoms with Crippen molar-refractivity contribution in [2.45, 2.75) is 6.92 Å². The highest BCUT2D eigenvalue weighted by Crippen LogP contribution is 2.18. The maximum atomic E-state index is 11.2. The van der Waals surface area contributed by atoms with Crippen molar-refractivity contribution in [3.8, 4) is 11.1 Å². The van der Waals surface area contributed by atoms with Crippen molar-refractivity contribution in [3.63, 3.8) is 0 Å². The summed E-state index contributed by atoms with van der Waals surface area (Å²) in [6.07, 6.45) is 1.68. The summed E-state index contributed by atoms with van der Waals surface area (Å²) in [7, 11) is 1.35. The maximum absolute atomic E-state index is 11.2. The Bertz CT molecular complexity index is 515. The summed E-state index contributed by atoms with van der Waals surface area (Å²) in [5, 5.41) is 0. The molecule has 1 heterocycles. The SMILES string of the molecule is COC(=O)c1ccc(-c2ccc(C)cc2)cn1. The highest BCUT2D eigenvalue weighted by atomic mass is 16.5. The lowest BCUT2D eigenvalue weighted by molar-refractivity contribution is 0.0594. The first-order valence-corrected chi connectivity index (χ1v) is 5.32. The summed E-state index contributed by atoms with van der Waals surface area (Å²) in [6.45, 7) is 2.04. The van der Waals surface area contributed by atoms with Crippen LogP contribution in [0.5, 0.6) is 0 Å². The van der Waals surface area contributed by atoms with Crippen LogP contribution >= 0.6 is 0 Å². The number of hydrogen-bond donors (Lipinski definition) is 0. The third-order valence-electron chi connectivity index (χ3n) is 2.54. The molecule has 86 valence electrons. The van der Waals surface area contributed by atoms with Gasteiger partial charge < -0.3 is 4.74 Å². The highest BCUT2D eigenvalue weighted by molar-refractivity contribution is 5.87. The van der Waals surface area contributed by atoms with Gasteiger partial charge in [-0.2, -0.15) is 0 Å². The molecule has 2 rings (SSSR count). The number of nitrogens with zero attached hydrogens (tertiary/aromatic N) is 1. The summed E-state index contributed by atoms with van der Waals surface area (Å²) >= 11 is 0. The van der Waals surface area contributed by atoms with Crippen LogP contribution in [0.2, 0.25) is 0 Å². The minimum absolute atomic E-state index is 0.323. The minimum Gasteiger partial charge on any atom is -0.464 e. The van der Waals surface area contributed by atoms with E-state index in [2.05, 4.69) is 9.72 Å². The number of esters is 1. The van der Waals surface area contributed by atoms with Gasteiger partial charge in [0.2, 0.25) is 0 Å². The van der Waals surface area contributed by atoms with Gasteiger partial charge in [0.25, 0.3) is 0 Å². The van der Waals surface area contributed by atoms with Crippen LogP contribution in [0.4, 0.5) is 0 Å². The molecule has 0 saturated carbocycles. The fourth-order valence-electron chi connectivity index (χ4n) is 1.54. The van der Waals surface area contributed by atoms with E-state index in [0.717, 1.165) is 11.1 Å². The van der Waals surface area contributed by atoms with Crippen molar-refractivity contribution < 1.29 is 9.53 Å². The van der Waals surface area contributed by atoms with E-state index in [9.17, 15) is 4.79 Å². The van der Waals surface area contributed by atoms with Crippen LogP contribution in [0.3, 0.4) is 0 Å². The number of benzene rings is 1. The minimum atomic E-state index is -0.416. The first-order chi connectivity index (χ1) is 8.20. The fourth-order valence-corrected chi connectivity index (χ4v) is 1.54. The zero-order valence-corrected chi connectivity index (χ0v) is 9.81. The number of carbonyl (C=O) groups excluding carboxylic acids is 1. The molecule has 3 heteroatoms. The van der Waals surface area contributed by atoms with Crippen LogP contribution < -0.4 is 0 Å². The molecule has 0 aliphatic heterocycles. The number of pyridine rings is 1. The third kappa shape index (κ3) is 2.50. The summed E-state index contributed by atoms with van der Waals surface area (Å²) in [5.41, 5.74) is 3.61. The standard InChI is InChI=1S/C14H13NO2/c1-10-3-5-11(6-4-10)12-7-8-13(15-9-12)14(16)17-2/h3-9H,1-2H3. The molecule has 1 aromatic carbocycles. The summed E-state index contributed by atoms with van der Waals surface area (Å²) < 4.78 is 4.60. The molecule has 3 nitrogen and oxygen atoms in total.